The molecular formula is C12H16BrClN2O. The topological polar surface area (TPSA) is 25.4 Å². The molecule has 2 unspecified atom stereocenters. The van der Waals surface area contributed by atoms with Crippen LogP contribution in [-0.2, 0) is 4.74 Å². The molecular weight excluding hydrogens is 304 g/mol. The second-order valence-corrected chi connectivity index (χ2v) is 5.51. The van der Waals surface area contributed by atoms with Crippen LogP contribution in [0.1, 0.15) is 12.6 Å². The van der Waals surface area contributed by atoms with Gasteiger partial charge >= 0.3 is 0 Å². The summed E-state index contributed by atoms with van der Waals surface area (Å²) in [7, 11) is 0. The zero-order valence-electron chi connectivity index (χ0n) is 9.99. The summed E-state index contributed by atoms with van der Waals surface area (Å²) < 4.78 is 6.67. The first-order valence-electron chi connectivity index (χ1n) is 5.69. The number of anilines is 1. The molecule has 0 radical (unpaired) electrons. The highest BCUT2D eigenvalue weighted by Crippen LogP contribution is 2.23. The molecule has 2 rings (SSSR count). The number of morpholine rings is 1. The van der Waals surface area contributed by atoms with Crippen LogP contribution in [0.3, 0.4) is 0 Å². The van der Waals surface area contributed by atoms with E-state index in [1.165, 1.54) is 0 Å². The first-order chi connectivity index (χ1) is 8.11. The third-order valence-electron chi connectivity index (χ3n) is 2.98. The maximum absolute atomic E-state index is 5.86. The van der Waals surface area contributed by atoms with Crippen LogP contribution in [0.5, 0.6) is 0 Å². The third kappa shape index (κ3) is 2.92. The Balaban J connectivity index is 2.21. The third-order valence-corrected chi connectivity index (χ3v) is 4.16. The Morgan fingerprint density at radius 1 is 1.59 bits per heavy atom. The molecule has 94 valence electrons. The fraction of sp³-hybridized carbons (Fsp3) is 0.583. The van der Waals surface area contributed by atoms with Crippen molar-refractivity contribution in [2.24, 2.45) is 0 Å². The van der Waals surface area contributed by atoms with E-state index in [1.807, 2.05) is 19.1 Å². The molecule has 0 aromatic carbocycles. The first-order valence-corrected chi connectivity index (χ1v) is 7.02. The van der Waals surface area contributed by atoms with Crippen molar-refractivity contribution >= 4 is 33.3 Å². The molecule has 3 nitrogen and oxygen atoms in total. The zero-order chi connectivity index (χ0) is 12.4. The van der Waals surface area contributed by atoms with Crippen molar-refractivity contribution in [2.75, 3.05) is 23.9 Å². The van der Waals surface area contributed by atoms with Gasteiger partial charge in [0.05, 0.1) is 30.3 Å². The van der Waals surface area contributed by atoms with Gasteiger partial charge in [-0.2, -0.15) is 0 Å². The van der Waals surface area contributed by atoms with Crippen molar-refractivity contribution in [1.29, 1.82) is 0 Å². The van der Waals surface area contributed by atoms with E-state index in [0.29, 0.717) is 18.5 Å². The summed E-state index contributed by atoms with van der Waals surface area (Å²) in [6.45, 7) is 5.65. The van der Waals surface area contributed by atoms with Crippen LogP contribution in [0, 0.1) is 6.92 Å². The number of pyridine rings is 1. The molecule has 0 aliphatic carbocycles. The number of aromatic nitrogens is 1. The molecule has 1 aliphatic rings. The SMILES string of the molecule is Cc1nc(N2CC(CCl)OCC2C)ccc1Br. The quantitative estimate of drug-likeness (QED) is 0.784. The summed E-state index contributed by atoms with van der Waals surface area (Å²) in [6.07, 6.45) is 0.0959. The van der Waals surface area contributed by atoms with Crippen LogP contribution in [0.25, 0.3) is 0 Å². The van der Waals surface area contributed by atoms with Gasteiger partial charge < -0.3 is 9.64 Å². The second kappa shape index (κ2) is 5.55. The molecule has 0 amide bonds. The van der Waals surface area contributed by atoms with E-state index in [4.69, 9.17) is 16.3 Å². The van der Waals surface area contributed by atoms with Crippen molar-refractivity contribution in [2.45, 2.75) is 26.0 Å². The van der Waals surface area contributed by atoms with Crippen molar-refractivity contribution in [1.82, 2.24) is 4.98 Å². The summed E-state index contributed by atoms with van der Waals surface area (Å²) in [5.74, 6) is 1.52. The molecule has 1 aromatic heterocycles. The van der Waals surface area contributed by atoms with E-state index in [1.54, 1.807) is 0 Å². The number of aryl methyl sites for hydroxylation is 1. The van der Waals surface area contributed by atoms with Crippen LogP contribution in [0.4, 0.5) is 5.82 Å². The minimum absolute atomic E-state index is 0.0959. The van der Waals surface area contributed by atoms with Crippen molar-refractivity contribution in [3.63, 3.8) is 0 Å². The average Bonchev–Trinajstić information content (AvgIpc) is 2.33. The predicted octanol–water partition coefficient (Wildman–Crippen LogP) is 2.99. The lowest BCUT2D eigenvalue weighted by molar-refractivity contribution is 0.0361. The minimum atomic E-state index is 0.0959. The Kier molecular flexibility index (Phi) is 4.28. The van der Waals surface area contributed by atoms with Gasteiger partial charge in [0.1, 0.15) is 5.82 Å². The summed E-state index contributed by atoms with van der Waals surface area (Å²) in [6, 6.07) is 4.40. The maximum Gasteiger partial charge on any atom is 0.129 e. The van der Waals surface area contributed by atoms with Gasteiger partial charge in [0.15, 0.2) is 0 Å². The van der Waals surface area contributed by atoms with Crippen LogP contribution in [0.15, 0.2) is 16.6 Å². The molecule has 2 heterocycles. The molecule has 5 heteroatoms. The van der Waals surface area contributed by atoms with Crippen molar-refractivity contribution in [3.8, 4) is 0 Å². The Labute approximate surface area is 115 Å². The van der Waals surface area contributed by atoms with E-state index in [9.17, 15) is 0 Å². The summed E-state index contributed by atoms with van der Waals surface area (Å²) in [5.41, 5.74) is 1.00. The van der Waals surface area contributed by atoms with Gasteiger partial charge in [-0.3, -0.25) is 0 Å². The minimum Gasteiger partial charge on any atom is -0.373 e. The fourth-order valence-corrected chi connectivity index (χ4v) is 2.33. The number of ether oxygens (including phenoxy) is 1. The maximum atomic E-state index is 5.86. The van der Waals surface area contributed by atoms with E-state index >= 15 is 0 Å². The van der Waals surface area contributed by atoms with Crippen LogP contribution >= 0.6 is 27.5 Å². The van der Waals surface area contributed by atoms with Crippen LogP contribution < -0.4 is 4.90 Å². The van der Waals surface area contributed by atoms with Gasteiger partial charge in [0.25, 0.3) is 0 Å². The number of nitrogens with zero attached hydrogens (tertiary/aromatic N) is 2. The van der Waals surface area contributed by atoms with Gasteiger partial charge in [0, 0.05) is 11.0 Å². The van der Waals surface area contributed by atoms with Crippen LogP contribution in [0.2, 0.25) is 0 Å². The number of halogens is 2. The van der Waals surface area contributed by atoms with Crippen LogP contribution in [-0.4, -0.2) is 36.2 Å². The lowest BCUT2D eigenvalue weighted by Gasteiger charge is -2.38. The highest BCUT2D eigenvalue weighted by molar-refractivity contribution is 9.10. The molecule has 2 atom stereocenters. The zero-order valence-corrected chi connectivity index (χ0v) is 12.3. The molecule has 0 bridgehead atoms. The van der Waals surface area contributed by atoms with Gasteiger partial charge in [-0.15, -0.1) is 11.6 Å². The van der Waals surface area contributed by atoms with Crippen molar-refractivity contribution in [3.05, 3.63) is 22.3 Å². The first kappa shape index (κ1) is 13.1. The Morgan fingerprint density at radius 2 is 2.35 bits per heavy atom. The molecule has 0 saturated carbocycles. The Bertz CT molecular complexity index is 402. The number of rotatable bonds is 2. The molecule has 0 spiro atoms. The van der Waals surface area contributed by atoms with Gasteiger partial charge in [-0.25, -0.2) is 4.98 Å². The van der Waals surface area contributed by atoms with Crippen molar-refractivity contribution < 1.29 is 4.74 Å². The van der Waals surface area contributed by atoms with E-state index < -0.39 is 0 Å². The number of alkyl halides is 1. The number of hydrogen-bond donors (Lipinski definition) is 0. The van der Waals surface area contributed by atoms with E-state index in [-0.39, 0.29) is 6.10 Å². The number of hydrogen-bond acceptors (Lipinski definition) is 3. The highest BCUT2D eigenvalue weighted by Gasteiger charge is 2.26. The Hall–Kier alpha value is -0.320. The standard InChI is InChI=1S/C12H16BrClN2O/c1-8-7-17-10(5-14)6-16(8)12-4-3-11(13)9(2)15-12/h3-4,8,10H,5-7H2,1-2H3. The monoisotopic (exact) mass is 318 g/mol. The molecule has 1 aromatic rings. The molecule has 1 aliphatic heterocycles. The van der Waals surface area contributed by atoms with Gasteiger partial charge in [-0.1, -0.05) is 0 Å². The van der Waals surface area contributed by atoms with E-state index in [2.05, 4.69) is 32.7 Å². The lowest BCUT2D eigenvalue weighted by Crippen LogP contribution is -2.49. The molecule has 0 N–H and O–H groups in total. The smallest absolute Gasteiger partial charge is 0.129 e. The highest BCUT2D eigenvalue weighted by atomic mass is 79.9. The summed E-state index contributed by atoms with van der Waals surface area (Å²) in [5, 5.41) is 0. The molecule has 1 saturated heterocycles. The Morgan fingerprint density at radius 3 is 3.00 bits per heavy atom. The lowest BCUT2D eigenvalue weighted by atomic mass is 10.2. The summed E-state index contributed by atoms with van der Waals surface area (Å²) in [4.78, 5) is 6.86. The molecule has 1 fully saturated rings. The normalized spacial score (nSPS) is 25.1. The summed E-state index contributed by atoms with van der Waals surface area (Å²) >= 11 is 9.32. The van der Waals surface area contributed by atoms with Gasteiger partial charge in [-0.05, 0) is 41.9 Å². The fourth-order valence-electron chi connectivity index (χ4n) is 1.92. The average molecular weight is 320 g/mol. The second-order valence-electron chi connectivity index (χ2n) is 4.35. The molecule has 17 heavy (non-hydrogen) atoms. The largest absolute Gasteiger partial charge is 0.373 e. The van der Waals surface area contributed by atoms with E-state index in [0.717, 1.165) is 22.5 Å². The van der Waals surface area contributed by atoms with Gasteiger partial charge in [0.2, 0.25) is 0 Å². The predicted molar refractivity (Wildman–Crippen MR) is 73.9 cm³/mol.